The molecule has 2 amide bonds. The number of amides is 2. The van der Waals surface area contributed by atoms with Crippen LogP contribution in [0.25, 0.3) is 0 Å². The van der Waals surface area contributed by atoms with Gasteiger partial charge in [-0.1, -0.05) is 45.9 Å². The summed E-state index contributed by atoms with van der Waals surface area (Å²) in [4.78, 5) is 12.1. The number of hydrogen-bond acceptors (Lipinski definition) is 2. The fraction of sp³-hybridized carbons (Fsp3) is 0.588. The van der Waals surface area contributed by atoms with Crippen LogP contribution in [0.5, 0.6) is 0 Å². The van der Waals surface area contributed by atoms with Crippen LogP contribution >= 0.6 is 0 Å². The van der Waals surface area contributed by atoms with E-state index in [4.69, 9.17) is 0 Å². The summed E-state index contributed by atoms with van der Waals surface area (Å²) in [6.45, 7) is 10.3. The lowest BCUT2D eigenvalue weighted by Crippen LogP contribution is -2.43. The van der Waals surface area contributed by atoms with Crippen LogP contribution in [-0.2, 0) is 0 Å². The first-order valence-electron chi connectivity index (χ1n) is 7.69. The molecular formula is C17H28N2O2. The topological polar surface area (TPSA) is 61.4 Å². The summed E-state index contributed by atoms with van der Waals surface area (Å²) < 4.78 is 0. The van der Waals surface area contributed by atoms with E-state index in [-0.39, 0.29) is 12.6 Å². The number of aryl methyl sites for hydroxylation is 1. The molecular weight excluding hydrogens is 264 g/mol. The number of nitrogens with one attached hydrogen (secondary N) is 2. The van der Waals surface area contributed by atoms with Crippen molar-refractivity contribution < 1.29 is 9.90 Å². The molecule has 1 aromatic carbocycles. The van der Waals surface area contributed by atoms with Gasteiger partial charge in [0, 0.05) is 12.2 Å². The van der Waals surface area contributed by atoms with E-state index < -0.39 is 5.60 Å². The maximum atomic E-state index is 12.1. The van der Waals surface area contributed by atoms with Gasteiger partial charge in [-0.05, 0) is 36.8 Å². The number of benzene rings is 1. The second-order valence-electron chi connectivity index (χ2n) is 5.93. The largest absolute Gasteiger partial charge is 0.388 e. The van der Waals surface area contributed by atoms with Crippen molar-refractivity contribution in [3.63, 3.8) is 0 Å². The Labute approximate surface area is 128 Å². The van der Waals surface area contributed by atoms with Gasteiger partial charge in [-0.2, -0.15) is 0 Å². The molecule has 0 aliphatic rings. The number of carbonyl (C=O) groups is 1. The van der Waals surface area contributed by atoms with Crippen LogP contribution in [0.4, 0.5) is 10.5 Å². The number of carbonyl (C=O) groups excluding carboxylic acids is 1. The normalized spacial score (nSPS) is 11.6. The molecule has 0 aliphatic carbocycles. The van der Waals surface area contributed by atoms with Crippen LogP contribution in [0, 0.1) is 6.92 Å². The van der Waals surface area contributed by atoms with Crippen LogP contribution in [-0.4, -0.2) is 23.3 Å². The van der Waals surface area contributed by atoms with Gasteiger partial charge in [0.05, 0.1) is 5.60 Å². The number of rotatable bonds is 6. The summed E-state index contributed by atoms with van der Waals surface area (Å²) in [7, 11) is 0. The lowest BCUT2D eigenvalue weighted by molar-refractivity contribution is 0.0354. The molecule has 0 bridgehead atoms. The molecule has 21 heavy (non-hydrogen) atoms. The molecule has 0 saturated carbocycles. The molecule has 0 unspecified atom stereocenters. The second-order valence-corrected chi connectivity index (χ2v) is 5.93. The number of urea groups is 1. The molecule has 0 fully saturated rings. The maximum Gasteiger partial charge on any atom is 0.319 e. The fourth-order valence-electron chi connectivity index (χ4n) is 2.24. The third-order valence-corrected chi connectivity index (χ3v) is 4.06. The number of para-hydroxylation sites is 1. The summed E-state index contributed by atoms with van der Waals surface area (Å²) in [6, 6.07) is 5.74. The smallest absolute Gasteiger partial charge is 0.319 e. The molecule has 0 heterocycles. The maximum absolute atomic E-state index is 12.1. The fourth-order valence-corrected chi connectivity index (χ4v) is 2.24. The Morgan fingerprint density at radius 3 is 2.43 bits per heavy atom. The third-order valence-electron chi connectivity index (χ3n) is 4.06. The molecule has 0 aliphatic heterocycles. The Morgan fingerprint density at radius 2 is 1.90 bits per heavy atom. The van der Waals surface area contributed by atoms with E-state index >= 15 is 0 Å². The van der Waals surface area contributed by atoms with Crippen LogP contribution in [0.2, 0.25) is 0 Å². The zero-order chi connectivity index (χ0) is 16.0. The van der Waals surface area contributed by atoms with Gasteiger partial charge in [0.2, 0.25) is 0 Å². The van der Waals surface area contributed by atoms with Crippen molar-refractivity contribution >= 4 is 11.7 Å². The molecule has 0 radical (unpaired) electrons. The van der Waals surface area contributed by atoms with Crippen molar-refractivity contribution in [1.82, 2.24) is 5.32 Å². The Balaban J connectivity index is 2.76. The van der Waals surface area contributed by atoms with Crippen LogP contribution in [0.15, 0.2) is 18.2 Å². The van der Waals surface area contributed by atoms with E-state index in [2.05, 4.69) is 24.5 Å². The van der Waals surface area contributed by atoms with E-state index in [1.807, 2.05) is 39.0 Å². The second kappa shape index (κ2) is 7.46. The van der Waals surface area contributed by atoms with E-state index in [0.717, 1.165) is 16.8 Å². The van der Waals surface area contributed by atoms with Gasteiger partial charge in [-0.25, -0.2) is 4.79 Å². The van der Waals surface area contributed by atoms with Gasteiger partial charge in [0.1, 0.15) is 0 Å². The highest BCUT2D eigenvalue weighted by Crippen LogP contribution is 2.27. The summed E-state index contributed by atoms with van der Waals surface area (Å²) >= 11 is 0. The Bertz CT molecular complexity index is 480. The Morgan fingerprint density at radius 1 is 1.29 bits per heavy atom. The number of aliphatic hydroxyl groups is 1. The molecule has 1 rings (SSSR count). The van der Waals surface area contributed by atoms with Gasteiger partial charge >= 0.3 is 6.03 Å². The first kappa shape index (κ1) is 17.5. The van der Waals surface area contributed by atoms with Crippen molar-refractivity contribution in [2.24, 2.45) is 0 Å². The average Bonchev–Trinajstić information content (AvgIpc) is 2.46. The predicted octanol–water partition coefficient (Wildman–Crippen LogP) is 3.79. The molecule has 0 spiro atoms. The van der Waals surface area contributed by atoms with E-state index in [1.54, 1.807) is 0 Å². The first-order chi connectivity index (χ1) is 9.83. The van der Waals surface area contributed by atoms with E-state index in [0.29, 0.717) is 18.8 Å². The van der Waals surface area contributed by atoms with E-state index in [9.17, 15) is 9.90 Å². The standard InChI is InChI=1S/C17H28N2O2/c1-6-17(21,7-2)11-18-16(20)19-15-13(5)9-8-10-14(15)12(3)4/h8-10,12,21H,6-7,11H2,1-5H3,(H2,18,19,20). The minimum atomic E-state index is -0.829. The lowest BCUT2D eigenvalue weighted by atomic mass is 9.97. The number of hydrogen-bond donors (Lipinski definition) is 3. The van der Waals surface area contributed by atoms with Gasteiger partial charge in [-0.3, -0.25) is 0 Å². The van der Waals surface area contributed by atoms with Crippen LogP contribution in [0.3, 0.4) is 0 Å². The molecule has 0 aromatic heterocycles. The summed E-state index contributed by atoms with van der Waals surface area (Å²) in [5.41, 5.74) is 2.19. The predicted molar refractivity (Wildman–Crippen MR) is 87.8 cm³/mol. The molecule has 118 valence electrons. The quantitative estimate of drug-likeness (QED) is 0.747. The Hall–Kier alpha value is -1.55. The minimum absolute atomic E-state index is 0.259. The summed E-state index contributed by atoms with van der Waals surface area (Å²) in [5, 5.41) is 15.9. The van der Waals surface area contributed by atoms with Crippen molar-refractivity contribution in [2.45, 2.75) is 59.0 Å². The molecule has 1 aromatic rings. The zero-order valence-corrected chi connectivity index (χ0v) is 13.8. The zero-order valence-electron chi connectivity index (χ0n) is 13.8. The van der Waals surface area contributed by atoms with Gasteiger partial charge in [0.15, 0.2) is 0 Å². The highest BCUT2D eigenvalue weighted by Gasteiger charge is 2.23. The lowest BCUT2D eigenvalue weighted by Gasteiger charge is -2.25. The van der Waals surface area contributed by atoms with Crippen molar-refractivity contribution in [3.8, 4) is 0 Å². The summed E-state index contributed by atoms with van der Waals surface area (Å²) in [6.07, 6.45) is 1.23. The molecule has 4 heteroatoms. The van der Waals surface area contributed by atoms with Gasteiger partial charge in [-0.15, -0.1) is 0 Å². The van der Waals surface area contributed by atoms with Crippen molar-refractivity contribution in [3.05, 3.63) is 29.3 Å². The van der Waals surface area contributed by atoms with Crippen LogP contribution < -0.4 is 10.6 Å². The van der Waals surface area contributed by atoms with Crippen molar-refractivity contribution in [1.29, 1.82) is 0 Å². The molecule has 3 N–H and O–H groups in total. The number of anilines is 1. The van der Waals surface area contributed by atoms with Crippen LogP contribution in [0.1, 0.15) is 57.6 Å². The molecule has 4 nitrogen and oxygen atoms in total. The van der Waals surface area contributed by atoms with Crippen molar-refractivity contribution in [2.75, 3.05) is 11.9 Å². The van der Waals surface area contributed by atoms with Gasteiger partial charge in [0.25, 0.3) is 0 Å². The highest BCUT2D eigenvalue weighted by molar-refractivity contribution is 5.91. The summed E-state index contributed by atoms with van der Waals surface area (Å²) in [5.74, 6) is 0.336. The third kappa shape index (κ3) is 4.74. The first-order valence-corrected chi connectivity index (χ1v) is 7.69. The Kier molecular flexibility index (Phi) is 6.21. The van der Waals surface area contributed by atoms with E-state index in [1.165, 1.54) is 0 Å². The average molecular weight is 292 g/mol. The molecule has 0 saturated heterocycles. The SMILES string of the molecule is CCC(O)(CC)CNC(=O)Nc1c(C)cccc1C(C)C. The monoisotopic (exact) mass is 292 g/mol. The highest BCUT2D eigenvalue weighted by atomic mass is 16.3. The minimum Gasteiger partial charge on any atom is -0.388 e. The molecule has 0 atom stereocenters. The van der Waals surface area contributed by atoms with Gasteiger partial charge < -0.3 is 15.7 Å².